The molecule has 1 aliphatic carbocycles. The van der Waals surface area contributed by atoms with E-state index in [-0.39, 0.29) is 0 Å². The average molecular weight is 188 g/mol. The molecule has 0 fully saturated rings. The third-order valence-electron chi connectivity index (χ3n) is 2.77. The van der Waals surface area contributed by atoms with E-state index in [0.717, 1.165) is 24.2 Å². The number of nitrogens with one attached hydrogen (secondary N) is 1. The van der Waals surface area contributed by atoms with E-state index in [4.69, 9.17) is 0 Å². The molecule has 1 atom stereocenters. The maximum Gasteiger partial charge on any atom is 0.0662 e. The van der Waals surface area contributed by atoms with Crippen molar-refractivity contribution < 1.29 is 0 Å². The quantitative estimate of drug-likeness (QED) is 0.770. The lowest BCUT2D eigenvalue weighted by molar-refractivity contribution is 0.631. The second-order valence-corrected chi connectivity index (χ2v) is 3.73. The van der Waals surface area contributed by atoms with Crippen LogP contribution >= 0.6 is 0 Å². The Morgan fingerprint density at radius 1 is 1.43 bits per heavy atom. The number of fused-ring (bicyclic) bond motifs is 1. The van der Waals surface area contributed by atoms with E-state index in [9.17, 15) is 0 Å². The number of nitrogens with zero attached hydrogens (tertiary/aromatic N) is 1. The highest BCUT2D eigenvalue weighted by Gasteiger charge is 2.09. The Hall–Kier alpha value is -1.15. The molecular weight excluding hydrogens is 172 g/mol. The molecule has 0 aliphatic heterocycles. The Labute approximate surface area is 85.1 Å². The lowest BCUT2D eigenvalue weighted by Gasteiger charge is -2.14. The van der Waals surface area contributed by atoms with E-state index < -0.39 is 0 Å². The summed E-state index contributed by atoms with van der Waals surface area (Å²) in [7, 11) is 1.96. The standard InChI is InChI=1S/C12H16N2/c1-9(13-2)11-8-7-10-5-3-4-6-12(10)14-11/h4,6-9,13H,3,5H2,1-2H3. The molecule has 1 N–H and O–H groups in total. The zero-order chi connectivity index (χ0) is 9.97. The number of allylic oxidation sites excluding steroid dienone is 1. The lowest BCUT2D eigenvalue weighted by atomic mass is 10.0. The van der Waals surface area contributed by atoms with Crippen LogP contribution in [0.4, 0.5) is 0 Å². The van der Waals surface area contributed by atoms with Crippen molar-refractivity contribution in [1.82, 2.24) is 10.3 Å². The average Bonchev–Trinajstić information content (AvgIpc) is 2.27. The van der Waals surface area contributed by atoms with E-state index in [1.54, 1.807) is 0 Å². The van der Waals surface area contributed by atoms with Crippen LogP contribution in [-0.4, -0.2) is 12.0 Å². The van der Waals surface area contributed by atoms with Gasteiger partial charge in [-0.25, -0.2) is 0 Å². The number of rotatable bonds is 2. The molecule has 0 aromatic carbocycles. The third-order valence-corrected chi connectivity index (χ3v) is 2.77. The molecule has 0 saturated heterocycles. The molecule has 0 spiro atoms. The minimum atomic E-state index is 0.329. The first-order chi connectivity index (χ1) is 6.81. The first kappa shape index (κ1) is 9.41. The fraction of sp³-hybridized carbons (Fsp3) is 0.417. The summed E-state index contributed by atoms with van der Waals surface area (Å²) < 4.78 is 0. The van der Waals surface area contributed by atoms with Crippen LogP contribution in [0, 0.1) is 0 Å². The van der Waals surface area contributed by atoms with Crippen molar-refractivity contribution in [2.75, 3.05) is 7.05 Å². The SMILES string of the molecule is CNC(C)c1ccc2c(n1)C=CCC2. The third kappa shape index (κ3) is 1.70. The minimum absolute atomic E-state index is 0.329. The Morgan fingerprint density at radius 3 is 3.07 bits per heavy atom. The Morgan fingerprint density at radius 2 is 2.29 bits per heavy atom. The van der Waals surface area contributed by atoms with Crippen molar-refractivity contribution in [1.29, 1.82) is 0 Å². The maximum atomic E-state index is 4.63. The molecule has 1 aliphatic rings. The Kier molecular flexibility index (Phi) is 2.64. The summed E-state index contributed by atoms with van der Waals surface area (Å²) in [5.74, 6) is 0. The van der Waals surface area contributed by atoms with Crippen LogP contribution in [-0.2, 0) is 6.42 Å². The smallest absolute Gasteiger partial charge is 0.0662 e. The molecule has 2 heteroatoms. The summed E-state index contributed by atoms with van der Waals surface area (Å²) in [5, 5.41) is 3.20. The highest BCUT2D eigenvalue weighted by Crippen LogP contribution is 2.19. The van der Waals surface area contributed by atoms with Crippen molar-refractivity contribution in [3.05, 3.63) is 35.2 Å². The van der Waals surface area contributed by atoms with Gasteiger partial charge in [0.25, 0.3) is 0 Å². The van der Waals surface area contributed by atoms with Gasteiger partial charge >= 0.3 is 0 Å². The number of pyridine rings is 1. The lowest BCUT2D eigenvalue weighted by Crippen LogP contribution is -2.14. The molecule has 14 heavy (non-hydrogen) atoms. The van der Waals surface area contributed by atoms with Gasteiger partial charge in [-0.05, 0) is 44.5 Å². The van der Waals surface area contributed by atoms with Gasteiger partial charge in [0.15, 0.2) is 0 Å². The number of aromatic nitrogens is 1. The second-order valence-electron chi connectivity index (χ2n) is 3.73. The summed E-state index contributed by atoms with van der Waals surface area (Å²) in [6.07, 6.45) is 6.61. The molecule has 74 valence electrons. The van der Waals surface area contributed by atoms with Gasteiger partial charge in [0.05, 0.1) is 11.4 Å². The van der Waals surface area contributed by atoms with E-state index in [1.165, 1.54) is 5.56 Å². The molecule has 0 amide bonds. The van der Waals surface area contributed by atoms with Crippen LogP contribution in [0.5, 0.6) is 0 Å². The summed E-state index contributed by atoms with van der Waals surface area (Å²) in [6, 6.07) is 4.66. The van der Waals surface area contributed by atoms with Crippen LogP contribution in [0.2, 0.25) is 0 Å². The van der Waals surface area contributed by atoms with Crippen LogP contribution in [0.1, 0.15) is 36.3 Å². The maximum absolute atomic E-state index is 4.63. The zero-order valence-corrected chi connectivity index (χ0v) is 8.75. The topological polar surface area (TPSA) is 24.9 Å². The number of aryl methyl sites for hydroxylation is 1. The van der Waals surface area contributed by atoms with E-state index >= 15 is 0 Å². The van der Waals surface area contributed by atoms with E-state index in [2.05, 4.69) is 41.5 Å². The van der Waals surface area contributed by atoms with Crippen molar-refractivity contribution in [2.24, 2.45) is 0 Å². The van der Waals surface area contributed by atoms with Crippen molar-refractivity contribution in [3.8, 4) is 0 Å². The van der Waals surface area contributed by atoms with Crippen LogP contribution < -0.4 is 5.32 Å². The summed E-state index contributed by atoms with van der Waals surface area (Å²) >= 11 is 0. The normalized spacial score (nSPS) is 16.4. The van der Waals surface area contributed by atoms with Gasteiger partial charge in [-0.15, -0.1) is 0 Å². The van der Waals surface area contributed by atoms with E-state index in [1.807, 2.05) is 7.05 Å². The van der Waals surface area contributed by atoms with Gasteiger partial charge in [0.1, 0.15) is 0 Å². The monoisotopic (exact) mass is 188 g/mol. The fourth-order valence-corrected chi connectivity index (χ4v) is 1.70. The second kappa shape index (κ2) is 3.93. The highest BCUT2D eigenvalue weighted by molar-refractivity contribution is 5.52. The number of hydrogen-bond donors (Lipinski definition) is 1. The predicted octanol–water partition coefficient (Wildman–Crippen LogP) is 2.32. The molecule has 0 bridgehead atoms. The highest BCUT2D eigenvalue weighted by atomic mass is 14.9. The Balaban J connectivity index is 2.35. The molecular formula is C12H16N2. The van der Waals surface area contributed by atoms with E-state index in [0.29, 0.717) is 6.04 Å². The van der Waals surface area contributed by atoms with Gasteiger partial charge in [0.2, 0.25) is 0 Å². The summed E-state index contributed by atoms with van der Waals surface area (Å²) in [6.45, 7) is 2.13. The minimum Gasteiger partial charge on any atom is -0.312 e. The summed E-state index contributed by atoms with van der Waals surface area (Å²) in [4.78, 5) is 4.63. The predicted molar refractivity (Wildman–Crippen MR) is 59.1 cm³/mol. The zero-order valence-electron chi connectivity index (χ0n) is 8.75. The van der Waals surface area contributed by atoms with Gasteiger partial charge in [-0.1, -0.05) is 12.1 Å². The molecule has 2 nitrogen and oxygen atoms in total. The van der Waals surface area contributed by atoms with Crippen LogP contribution in [0.15, 0.2) is 18.2 Å². The van der Waals surface area contributed by atoms with Crippen molar-refractivity contribution in [3.63, 3.8) is 0 Å². The first-order valence-electron chi connectivity index (χ1n) is 5.15. The molecule has 1 unspecified atom stereocenters. The summed E-state index contributed by atoms with van der Waals surface area (Å²) in [5.41, 5.74) is 3.65. The molecule has 1 aromatic rings. The largest absolute Gasteiger partial charge is 0.312 e. The molecule has 0 radical (unpaired) electrons. The van der Waals surface area contributed by atoms with Gasteiger partial charge in [-0.3, -0.25) is 4.98 Å². The molecule has 2 rings (SSSR count). The van der Waals surface area contributed by atoms with Gasteiger partial charge < -0.3 is 5.32 Å². The van der Waals surface area contributed by atoms with Crippen molar-refractivity contribution >= 4 is 6.08 Å². The van der Waals surface area contributed by atoms with Gasteiger partial charge in [-0.2, -0.15) is 0 Å². The van der Waals surface area contributed by atoms with Gasteiger partial charge in [0, 0.05) is 6.04 Å². The molecule has 1 heterocycles. The first-order valence-corrected chi connectivity index (χ1v) is 5.15. The van der Waals surface area contributed by atoms with Crippen LogP contribution in [0.25, 0.3) is 6.08 Å². The number of hydrogen-bond acceptors (Lipinski definition) is 2. The van der Waals surface area contributed by atoms with Crippen molar-refractivity contribution in [2.45, 2.75) is 25.8 Å². The molecule has 1 aromatic heterocycles. The van der Waals surface area contributed by atoms with Crippen LogP contribution in [0.3, 0.4) is 0 Å². The molecule has 0 saturated carbocycles. The Bertz CT molecular complexity index is 355. The fourth-order valence-electron chi connectivity index (χ4n) is 1.70.